The third-order valence-corrected chi connectivity index (χ3v) is 3.88. The topological polar surface area (TPSA) is 29.3 Å². The minimum absolute atomic E-state index is 0.745. The Morgan fingerprint density at radius 2 is 2.17 bits per heavy atom. The van der Waals surface area contributed by atoms with Crippen LogP contribution in [0.4, 0.5) is 5.69 Å². The first-order valence-corrected chi connectivity index (χ1v) is 6.89. The molecular formula is C16H24N2. The van der Waals surface area contributed by atoms with Gasteiger partial charge >= 0.3 is 0 Å². The van der Waals surface area contributed by atoms with Gasteiger partial charge in [0.2, 0.25) is 0 Å². The van der Waals surface area contributed by atoms with Crippen molar-refractivity contribution in [1.29, 1.82) is 0 Å². The summed E-state index contributed by atoms with van der Waals surface area (Å²) < 4.78 is 0. The van der Waals surface area contributed by atoms with Crippen LogP contribution in [0.3, 0.4) is 0 Å². The zero-order chi connectivity index (χ0) is 13.1. The van der Waals surface area contributed by atoms with E-state index in [1.54, 1.807) is 0 Å². The molecule has 1 aromatic carbocycles. The zero-order valence-corrected chi connectivity index (χ0v) is 11.6. The van der Waals surface area contributed by atoms with Crippen molar-refractivity contribution in [3.63, 3.8) is 0 Å². The number of anilines is 1. The summed E-state index contributed by atoms with van der Waals surface area (Å²) in [5, 5.41) is 0. The van der Waals surface area contributed by atoms with Gasteiger partial charge in [-0.2, -0.15) is 0 Å². The normalized spacial score (nSPS) is 20.6. The van der Waals surface area contributed by atoms with E-state index in [2.05, 4.69) is 31.4 Å². The molecule has 18 heavy (non-hydrogen) atoms. The first-order valence-electron chi connectivity index (χ1n) is 6.89. The van der Waals surface area contributed by atoms with E-state index in [4.69, 9.17) is 5.73 Å². The van der Waals surface area contributed by atoms with Crippen LogP contribution in [0.15, 0.2) is 24.8 Å². The fourth-order valence-corrected chi connectivity index (χ4v) is 2.84. The molecule has 1 unspecified atom stereocenters. The fraction of sp³-hybridized carbons (Fsp3) is 0.500. The SMILES string of the molecule is C=C(c1c(C)cccc1N)N1CCCCC(C)C1. The molecule has 1 saturated heterocycles. The largest absolute Gasteiger partial charge is 0.398 e. The van der Waals surface area contributed by atoms with Crippen LogP contribution in [0, 0.1) is 12.8 Å². The van der Waals surface area contributed by atoms with Gasteiger partial charge in [-0.05, 0) is 37.3 Å². The minimum atomic E-state index is 0.745. The van der Waals surface area contributed by atoms with Crippen LogP contribution in [-0.2, 0) is 0 Å². The highest BCUT2D eigenvalue weighted by molar-refractivity contribution is 5.75. The molecular weight excluding hydrogens is 220 g/mol. The number of nitrogen functional groups attached to an aromatic ring is 1. The maximum Gasteiger partial charge on any atom is 0.0411 e. The van der Waals surface area contributed by atoms with E-state index in [1.165, 1.54) is 24.8 Å². The van der Waals surface area contributed by atoms with Gasteiger partial charge in [0.05, 0.1) is 0 Å². The molecule has 1 aliphatic rings. The van der Waals surface area contributed by atoms with Gasteiger partial charge in [-0.1, -0.05) is 32.1 Å². The van der Waals surface area contributed by atoms with Crippen molar-refractivity contribution in [2.24, 2.45) is 5.92 Å². The Labute approximate surface area is 110 Å². The van der Waals surface area contributed by atoms with Gasteiger partial charge in [0.1, 0.15) is 0 Å². The van der Waals surface area contributed by atoms with Gasteiger partial charge < -0.3 is 10.6 Å². The van der Waals surface area contributed by atoms with Gasteiger partial charge in [-0.15, -0.1) is 0 Å². The standard InChI is InChI=1S/C16H24N2/c1-12-7-4-5-10-18(11-12)14(3)16-13(2)8-6-9-15(16)17/h6,8-9,12H,3-5,7,10-11,17H2,1-2H3. The molecule has 0 radical (unpaired) electrons. The summed E-state index contributed by atoms with van der Waals surface area (Å²) in [6.07, 6.45) is 3.91. The Morgan fingerprint density at radius 1 is 1.39 bits per heavy atom. The Hall–Kier alpha value is -1.44. The second-order valence-electron chi connectivity index (χ2n) is 5.53. The predicted molar refractivity (Wildman–Crippen MR) is 79.2 cm³/mol. The summed E-state index contributed by atoms with van der Waals surface area (Å²) in [7, 11) is 0. The number of aryl methyl sites for hydroxylation is 1. The van der Waals surface area contributed by atoms with Crippen LogP contribution >= 0.6 is 0 Å². The van der Waals surface area contributed by atoms with Crippen molar-refractivity contribution in [3.05, 3.63) is 35.9 Å². The van der Waals surface area contributed by atoms with Gasteiger partial charge in [-0.3, -0.25) is 0 Å². The van der Waals surface area contributed by atoms with Crippen molar-refractivity contribution >= 4 is 11.4 Å². The highest BCUT2D eigenvalue weighted by Gasteiger charge is 2.18. The molecule has 2 rings (SSSR count). The first-order chi connectivity index (χ1) is 8.59. The number of hydrogen-bond acceptors (Lipinski definition) is 2. The molecule has 0 aliphatic carbocycles. The highest BCUT2D eigenvalue weighted by Crippen LogP contribution is 2.29. The van der Waals surface area contributed by atoms with E-state index in [1.807, 2.05) is 12.1 Å². The molecule has 0 saturated carbocycles. The molecule has 0 spiro atoms. The lowest BCUT2D eigenvalue weighted by Crippen LogP contribution is -2.26. The Bertz CT molecular complexity index is 416. The summed E-state index contributed by atoms with van der Waals surface area (Å²) in [4.78, 5) is 2.41. The molecule has 0 aromatic heterocycles. The molecule has 1 atom stereocenters. The fourth-order valence-electron chi connectivity index (χ4n) is 2.84. The Morgan fingerprint density at radius 3 is 2.89 bits per heavy atom. The van der Waals surface area contributed by atoms with Crippen LogP contribution in [0.2, 0.25) is 0 Å². The van der Waals surface area contributed by atoms with Gasteiger partial charge in [0.15, 0.2) is 0 Å². The van der Waals surface area contributed by atoms with E-state index >= 15 is 0 Å². The van der Waals surface area contributed by atoms with Crippen LogP contribution in [0.25, 0.3) is 5.70 Å². The average molecular weight is 244 g/mol. The van der Waals surface area contributed by atoms with E-state index in [9.17, 15) is 0 Å². The summed E-state index contributed by atoms with van der Waals surface area (Å²) >= 11 is 0. The van der Waals surface area contributed by atoms with E-state index in [-0.39, 0.29) is 0 Å². The van der Waals surface area contributed by atoms with Crippen molar-refractivity contribution in [1.82, 2.24) is 4.90 Å². The predicted octanol–water partition coefficient (Wildman–Crippen LogP) is 3.67. The molecule has 1 aliphatic heterocycles. The lowest BCUT2D eigenvalue weighted by Gasteiger charge is -2.28. The molecule has 0 bridgehead atoms. The minimum Gasteiger partial charge on any atom is -0.398 e. The summed E-state index contributed by atoms with van der Waals surface area (Å²) in [6, 6.07) is 6.08. The Kier molecular flexibility index (Phi) is 3.95. The van der Waals surface area contributed by atoms with E-state index in [0.717, 1.165) is 36.0 Å². The second-order valence-corrected chi connectivity index (χ2v) is 5.53. The quantitative estimate of drug-likeness (QED) is 0.804. The highest BCUT2D eigenvalue weighted by atomic mass is 15.1. The van der Waals surface area contributed by atoms with Crippen molar-refractivity contribution in [3.8, 4) is 0 Å². The number of likely N-dealkylation sites (tertiary alicyclic amines) is 1. The molecule has 1 heterocycles. The lowest BCUT2D eigenvalue weighted by atomic mass is 10.0. The maximum absolute atomic E-state index is 6.12. The maximum atomic E-state index is 6.12. The van der Waals surface area contributed by atoms with Crippen LogP contribution in [0.5, 0.6) is 0 Å². The zero-order valence-electron chi connectivity index (χ0n) is 11.6. The lowest BCUT2D eigenvalue weighted by molar-refractivity contribution is 0.363. The number of hydrogen-bond donors (Lipinski definition) is 1. The monoisotopic (exact) mass is 244 g/mol. The summed E-state index contributed by atoms with van der Waals surface area (Å²) in [6.45, 7) is 10.9. The molecule has 2 heteroatoms. The van der Waals surface area contributed by atoms with Crippen molar-refractivity contribution in [2.45, 2.75) is 33.1 Å². The van der Waals surface area contributed by atoms with E-state index in [0.29, 0.717) is 0 Å². The van der Waals surface area contributed by atoms with Crippen molar-refractivity contribution in [2.75, 3.05) is 18.8 Å². The Balaban J connectivity index is 2.24. The van der Waals surface area contributed by atoms with Gasteiger partial charge in [-0.25, -0.2) is 0 Å². The third kappa shape index (κ3) is 2.69. The van der Waals surface area contributed by atoms with Crippen LogP contribution < -0.4 is 5.73 Å². The summed E-state index contributed by atoms with van der Waals surface area (Å²) in [5.74, 6) is 0.745. The number of nitrogens with two attached hydrogens (primary N) is 1. The molecule has 1 aromatic rings. The van der Waals surface area contributed by atoms with Gasteiger partial charge in [0, 0.05) is 30.0 Å². The van der Waals surface area contributed by atoms with Gasteiger partial charge in [0.25, 0.3) is 0 Å². The molecule has 2 N–H and O–H groups in total. The number of nitrogens with zero attached hydrogens (tertiary/aromatic N) is 1. The molecule has 1 fully saturated rings. The third-order valence-electron chi connectivity index (χ3n) is 3.88. The second kappa shape index (κ2) is 5.47. The average Bonchev–Trinajstić information content (AvgIpc) is 2.53. The first kappa shape index (κ1) is 13.0. The molecule has 0 amide bonds. The van der Waals surface area contributed by atoms with Crippen molar-refractivity contribution < 1.29 is 0 Å². The number of rotatable bonds is 2. The van der Waals surface area contributed by atoms with E-state index < -0.39 is 0 Å². The molecule has 98 valence electrons. The molecule has 2 nitrogen and oxygen atoms in total. The van der Waals surface area contributed by atoms with Crippen LogP contribution in [0.1, 0.15) is 37.3 Å². The smallest absolute Gasteiger partial charge is 0.0411 e. The summed E-state index contributed by atoms with van der Waals surface area (Å²) in [5.41, 5.74) is 10.4. The number of benzene rings is 1. The van der Waals surface area contributed by atoms with Crippen LogP contribution in [-0.4, -0.2) is 18.0 Å².